The van der Waals surface area contributed by atoms with Crippen LogP contribution in [0.1, 0.15) is 46.3 Å². The maximum Gasteiger partial charge on any atom is 0.180 e. The Balaban J connectivity index is 2.28. The molecule has 106 valence electrons. The largest absolute Gasteiger partial charge is 0.496 e. The standard InChI is InChI=1S/C15H18N2O2S/c1-9(2)14-15(20-17-16-14)12(18)8-11-7-10(3)5-6-13(11)19-4/h5-7,9H,8H2,1-4H3. The minimum atomic E-state index is 0.0487. The molecule has 0 aliphatic rings. The van der Waals surface area contributed by atoms with Crippen molar-refractivity contribution in [3.05, 3.63) is 39.9 Å². The quantitative estimate of drug-likeness (QED) is 0.792. The summed E-state index contributed by atoms with van der Waals surface area (Å²) in [5.41, 5.74) is 2.80. The van der Waals surface area contributed by atoms with Crippen LogP contribution < -0.4 is 4.74 Å². The number of aryl methyl sites for hydroxylation is 1. The average molecular weight is 290 g/mol. The second-order valence-corrected chi connectivity index (χ2v) is 5.81. The molecule has 4 nitrogen and oxygen atoms in total. The Kier molecular flexibility index (Phi) is 4.49. The lowest BCUT2D eigenvalue weighted by Crippen LogP contribution is -2.07. The Morgan fingerprint density at radius 2 is 2.15 bits per heavy atom. The fraction of sp³-hybridized carbons (Fsp3) is 0.400. The van der Waals surface area contributed by atoms with Gasteiger partial charge in [-0.2, -0.15) is 0 Å². The van der Waals surface area contributed by atoms with Gasteiger partial charge in [-0.3, -0.25) is 4.79 Å². The number of ketones is 1. The van der Waals surface area contributed by atoms with E-state index in [1.54, 1.807) is 7.11 Å². The molecule has 0 aliphatic heterocycles. The van der Waals surface area contributed by atoms with Gasteiger partial charge in [-0.15, -0.1) is 5.10 Å². The van der Waals surface area contributed by atoms with Crippen molar-refractivity contribution in [2.75, 3.05) is 7.11 Å². The van der Waals surface area contributed by atoms with Gasteiger partial charge in [0.1, 0.15) is 10.6 Å². The topological polar surface area (TPSA) is 52.1 Å². The first kappa shape index (κ1) is 14.7. The van der Waals surface area contributed by atoms with Gasteiger partial charge >= 0.3 is 0 Å². The fourth-order valence-electron chi connectivity index (χ4n) is 2.07. The molecule has 5 heteroatoms. The monoisotopic (exact) mass is 290 g/mol. The van der Waals surface area contributed by atoms with E-state index < -0.39 is 0 Å². The first-order chi connectivity index (χ1) is 9.52. The number of hydrogen-bond acceptors (Lipinski definition) is 5. The van der Waals surface area contributed by atoms with Gasteiger partial charge in [0.25, 0.3) is 0 Å². The van der Waals surface area contributed by atoms with Gasteiger partial charge in [-0.25, -0.2) is 0 Å². The molecule has 0 radical (unpaired) electrons. The molecule has 0 unspecified atom stereocenters. The lowest BCUT2D eigenvalue weighted by Gasteiger charge is -2.09. The number of benzene rings is 1. The van der Waals surface area contributed by atoms with Crippen LogP contribution in [0.5, 0.6) is 5.75 Å². The Morgan fingerprint density at radius 3 is 2.80 bits per heavy atom. The number of aromatic nitrogens is 2. The number of rotatable bonds is 5. The molecule has 1 aromatic carbocycles. The van der Waals surface area contributed by atoms with Gasteiger partial charge < -0.3 is 4.74 Å². The van der Waals surface area contributed by atoms with E-state index in [1.807, 2.05) is 39.0 Å². The molecule has 1 heterocycles. The Labute approximate surface area is 123 Å². The lowest BCUT2D eigenvalue weighted by atomic mass is 10.0. The number of methoxy groups -OCH3 is 1. The Bertz CT molecular complexity index is 620. The first-order valence-electron chi connectivity index (χ1n) is 6.52. The Morgan fingerprint density at radius 1 is 1.40 bits per heavy atom. The number of nitrogens with zero attached hydrogens (tertiary/aromatic N) is 2. The fourth-order valence-corrected chi connectivity index (χ4v) is 2.82. The van der Waals surface area contributed by atoms with E-state index >= 15 is 0 Å². The van der Waals surface area contributed by atoms with Crippen molar-refractivity contribution in [2.24, 2.45) is 0 Å². The van der Waals surface area contributed by atoms with Gasteiger partial charge in [0.05, 0.1) is 12.8 Å². The van der Waals surface area contributed by atoms with E-state index in [0.717, 1.165) is 22.6 Å². The molecule has 0 N–H and O–H groups in total. The van der Waals surface area contributed by atoms with E-state index in [1.165, 1.54) is 11.5 Å². The van der Waals surface area contributed by atoms with Crippen molar-refractivity contribution in [3.8, 4) is 5.75 Å². The van der Waals surface area contributed by atoms with Crippen LogP contribution in [0.25, 0.3) is 0 Å². The SMILES string of the molecule is COc1ccc(C)cc1CC(=O)c1snnc1C(C)C. The molecule has 0 bridgehead atoms. The van der Waals surface area contributed by atoms with Gasteiger partial charge in [0.15, 0.2) is 5.78 Å². The minimum Gasteiger partial charge on any atom is -0.496 e. The minimum absolute atomic E-state index is 0.0487. The summed E-state index contributed by atoms with van der Waals surface area (Å²) in [6, 6.07) is 5.85. The number of ether oxygens (including phenoxy) is 1. The second kappa shape index (κ2) is 6.13. The first-order valence-corrected chi connectivity index (χ1v) is 7.29. The van der Waals surface area contributed by atoms with Crippen molar-refractivity contribution >= 4 is 17.3 Å². The van der Waals surface area contributed by atoms with E-state index in [-0.39, 0.29) is 11.7 Å². The molecule has 2 aromatic rings. The van der Waals surface area contributed by atoms with Crippen LogP contribution >= 0.6 is 11.5 Å². The highest BCUT2D eigenvalue weighted by Gasteiger charge is 2.20. The molecule has 2 rings (SSSR count). The molecule has 0 fully saturated rings. The maximum atomic E-state index is 12.5. The summed E-state index contributed by atoms with van der Waals surface area (Å²) >= 11 is 1.17. The summed E-state index contributed by atoms with van der Waals surface area (Å²) < 4.78 is 9.22. The van der Waals surface area contributed by atoms with Crippen LogP contribution in [0.3, 0.4) is 0 Å². The van der Waals surface area contributed by atoms with Gasteiger partial charge in [-0.1, -0.05) is 36.0 Å². The molecule has 1 aromatic heterocycles. The van der Waals surface area contributed by atoms with Crippen molar-refractivity contribution in [3.63, 3.8) is 0 Å². The molecular weight excluding hydrogens is 272 g/mol. The number of Topliss-reactive ketones (excluding diaryl/α,β-unsaturated/α-hetero) is 1. The summed E-state index contributed by atoms with van der Waals surface area (Å²) in [4.78, 5) is 13.1. The highest BCUT2D eigenvalue weighted by molar-refractivity contribution is 7.08. The zero-order valence-electron chi connectivity index (χ0n) is 12.1. The highest BCUT2D eigenvalue weighted by Crippen LogP contribution is 2.25. The zero-order valence-corrected chi connectivity index (χ0v) is 13.0. The number of carbonyl (C=O) groups excluding carboxylic acids is 1. The van der Waals surface area contributed by atoms with Gasteiger partial charge in [0, 0.05) is 12.0 Å². The second-order valence-electron chi connectivity index (χ2n) is 5.06. The van der Waals surface area contributed by atoms with Crippen LogP contribution in [-0.4, -0.2) is 22.5 Å². The van der Waals surface area contributed by atoms with E-state index in [2.05, 4.69) is 9.59 Å². The van der Waals surface area contributed by atoms with Crippen LogP contribution in [0.4, 0.5) is 0 Å². The third-order valence-corrected chi connectivity index (χ3v) is 3.88. The van der Waals surface area contributed by atoms with E-state index in [0.29, 0.717) is 11.3 Å². The predicted octanol–water partition coefficient (Wildman–Crippen LogP) is 3.40. The van der Waals surface area contributed by atoms with Crippen LogP contribution in [0.2, 0.25) is 0 Å². The van der Waals surface area contributed by atoms with Gasteiger partial charge in [0.2, 0.25) is 0 Å². The van der Waals surface area contributed by atoms with E-state index in [9.17, 15) is 4.79 Å². The summed E-state index contributed by atoms with van der Waals surface area (Å²) in [7, 11) is 1.62. The third-order valence-electron chi connectivity index (χ3n) is 3.10. The third kappa shape index (κ3) is 3.04. The molecule has 20 heavy (non-hydrogen) atoms. The predicted molar refractivity (Wildman–Crippen MR) is 79.8 cm³/mol. The van der Waals surface area contributed by atoms with Crippen molar-refractivity contribution in [1.29, 1.82) is 0 Å². The molecule has 0 amide bonds. The maximum absolute atomic E-state index is 12.5. The molecule has 0 atom stereocenters. The zero-order chi connectivity index (χ0) is 14.7. The number of carbonyl (C=O) groups is 1. The molecule has 0 saturated heterocycles. The van der Waals surface area contributed by atoms with Crippen molar-refractivity contribution < 1.29 is 9.53 Å². The highest BCUT2D eigenvalue weighted by atomic mass is 32.1. The van der Waals surface area contributed by atoms with E-state index in [4.69, 9.17) is 4.74 Å². The van der Waals surface area contributed by atoms with Crippen LogP contribution in [0, 0.1) is 6.92 Å². The molecule has 0 saturated carbocycles. The Hall–Kier alpha value is -1.75. The van der Waals surface area contributed by atoms with Crippen molar-refractivity contribution in [2.45, 2.75) is 33.1 Å². The molecule has 0 aliphatic carbocycles. The molecule has 0 spiro atoms. The van der Waals surface area contributed by atoms with Crippen molar-refractivity contribution in [1.82, 2.24) is 9.59 Å². The summed E-state index contributed by atoms with van der Waals surface area (Å²) in [6.45, 7) is 6.03. The summed E-state index contributed by atoms with van der Waals surface area (Å²) in [6.07, 6.45) is 0.314. The lowest BCUT2D eigenvalue weighted by molar-refractivity contribution is 0.0994. The average Bonchev–Trinajstić information content (AvgIpc) is 2.88. The smallest absolute Gasteiger partial charge is 0.180 e. The van der Waals surface area contributed by atoms with Crippen LogP contribution in [0.15, 0.2) is 18.2 Å². The summed E-state index contributed by atoms with van der Waals surface area (Å²) in [5.74, 6) is 0.993. The normalized spacial score (nSPS) is 10.8. The molecular formula is C15H18N2O2S. The van der Waals surface area contributed by atoms with Crippen LogP contribution in [-0.2, 0) is 6.42 Å². The summed E-state index contributed by atoms with van der Waals surface area (Å²) in [5, 5.41) is 4.05. The number of hydrogen-bond donors (Lipinski definition) is 0. The van der Waals surface area contributed by atoms with Gasteiger partial charge in [-0.05, 0) is 30.4 Å².